The van der Waals surface area contributed by atoms with Gasteiger partial charge in [0.25, 0.3) is 5.91 Å². The summed E-state index contributed by atoms with van der Waals surface area (Å²) in [5.74, 6) is -0.515. The van der Waals surface area contributed by atoms with E-state index in [0.29, 0.717) is 22.4 Å². The third-order valence-electron chi connectivity index (χ3n) is 5.33. The zero-order chi connectivity index (χ0) is 24.2. The number of anilines is 1. The summed E-state index contributed by atoms with van der Waals surface area (Å²) in [4.78, 5) is 33.8. The highest BCUT2D eigenvalue weighted by molar-refractivity contribution is 6.29. The van der Waals surface area contributed by atoms with Crippen LogP contribution in [0.1, 0.15) is 37.7 Å². The van der Waals surface area contributed by atoms with Crippen LogP contribution in [-0.2, 0) is 0 Å². The van der Waals surface area contributed by atoms with Crippen molar-refractivity contribution in [2.24, 2.45) is 0 Å². The van der Waals surface area contributed by atoms with Crippen molar-refractivity contribution in [2.75, 3.05) is 5.32 Å². The van der Waals surface area contributed by atoms with Gasteiger partial charge in [0, 0.05) is 40.2 Å². The van der Waals surface area contributed by atoms with Crippen LogP contribution in [0.4, 0.5) is 5.69 Å². The summed E-state index contributed by atoms with van der Waals surface area (Å²) in [5, 5.41) is 11.2. The van der Waals surface area contributed by atoms with Gasteiger partial charge in [-0.05, 0) is 60.7 Å². The lowest BCUT2D eigenvalue weighted by Crippen LogP contribution is -2.12. The van der Waals surface area contributed by atoms with Crippen molar-refractivity contribution >= 4 is 52.0 Å². The Bertz CT molecular complexity index is 1580. The number of aromatic amines is 1. The number of halogens is 1. The molecule has 0 spiro atoms. The molecule has 0 atom stereocenters. The van der Waals surface area contributed by atoms with Crippen LogP contribution in [-0.4, -0.2) is 31.9 Å². The van der Waals surface area contributed by atoms with Crippen LogP contribution in [0.2, 0.25) is 5.15 Å². The molecule has 7 nitrogen and oxygen atoms in total. The Kier molecular flexibility index (Phi) is 6.15. The van der Waals surface area contributed by atoms with E-state index in [1.165, 1.54) is 12.3 Å². The van der Waals surface area contributed by atoms with E-state index in [2.05, 4.69) is 25.5 Å². The van der Waals surface area contributed by atoms with E-state index in [-0.39, 0.29) is 16.8 Å². The topological polar surface area (TPSA) is 101 Å². The molecule has 0 saturated carbocycles. The molecule has 2 N–H and O–H groups in total. The Morgan fingerprint density at radius 1 is 0.829 bits per heavy atom. The molecule has 0 bridgehead atoms. The smallest absolute Gasteiger partial charge is 0.255 e. The number of aromatic nitrogens is 4. The van der Waals surface area contributed by atoms with E-state index < -0.39 is 0 Å². The molecule has 1 amide bonds. The number of nitrogens with zero attached hydrogens (tertiary/aromatic N) is 3. The van der Waals surface area contributed by atoms with E-state index in [9.17, 15) is 9.59 Å². The molecule has 170 valence electrons. The first-order valence-electron chi connectivity index (χ1n) is 10.7. The molecule has 0 aliphatic carbocycles. The molecule has 3 aromatic heterocycles. The quantitative estimate of drug-likeness (QED) is 0.242. The zero-order valence-electron chi connectivity index (χ0n) is 18.3. The molecule has 2 aromatic carbocycles. The summed E-state index contributed by atoms with van der Waals surface area (Å²) in [7, 11) is 0. The van der Waals surface area contributed by atoms with E-state index in [0.717, 1.165) is 22.3 Å². The van der Waals surface area contributed by atoms with Crippen molar-refractivity contribution in [2.45, 2.75) is 0 Å². The molecular formula is C27H18ClN5O2. The predicted molar refractivity (Wildman–Crippen MR) is 136 cm³/mol. The lowest BCUT2D eigenvalue weighted by molar-refractivity contribution is 0.102. The van der Waals surface area contributed by atoms with Crippen LogP contribution in [0, 0.1) is 0 Å². The average molecular weight is 480 g/mol. The monoisotopic (exact) mass is 479 g/mol. The first kappa shape index (κ1) is 22.2. The molecule has 0 fully saturated rings. The van der Waals surface area contributed by atoms with Crippen LogP contribution >= 0.6 is 11.6 Å². The number of hydrogen-bond donors (Lipinski definition) is 2. The van der Waals surface area contributed by atoms with Crippen molar-refractivity contribution in [1.82, 2.24) is 20.2 Å². The summed E-state index contributed by atoms with van der Waals surface area (Å²) >= 11 is 5.87. The second-order valence-corrected chi connectivity index (χ2v) is 8.08. The Morgan fingerprint density at radius 3 is 2.54 bits per heavy atom. The van der Waals surface area contributed by atoms with Gasteiger partial charge in [-0.3, -0.25) is 19.7 Å². The highest BCUT2D eigenvalue weighted by Crippen LogP contribution is 2.22. The van der Waals surface area contributed by atoms with Crippen LogP contribution < -0.4 is 5.32 Å². The van der Waals surface area contributed by atoms with Crippen LogP contribution in [0.5, 0.6) is 0 Å². The Hall–Kier alpha value is -4.62. The number of amides is 1. The molecular weight excluding hydrogens is 462 g/mol. The zero-order valence-corrected chi connectivity index (χ0v) is 19.0. The largest absolute Gasteiger partial charge is 0.322 e. The summed E-state index contributed by atoms with van der Waals surface area (Å²) in [6, 6.07) is 20.9. The normalized spacial score (nSPS) is 11.1. The van der Waals surface area contributed by atoms with Gasteiger partial charge in [0.05, 0.1) is 16.9 Å². The molecule has 0 saturated heterocycles. The van der Waals surface area contributed by atoms with Crippen molar-refractivity contribution < 1.29 is 9.59 Å². The van der Waals surface area contributed by atoms with Crippen LogP contribution in [0.3, 0.4) is 0 Å². The molecule has 3 heterocycles. The lowest BCUT2D eigenvalue weighted by atomic mass is 10.0. The number of carbonyl (C=O) groups is 2. The molecule has 0 aliphatic rings. The third kappa shape index (κ3) is 5.00. The van der Waals surface area contributed by atoms with Crippen molar-refractivity contribution in [3.8, 4) is 0 Å². The predicted octanol–water partition coefficient (Wildman–Crippen LogP) is 5.66. The van der Waals surface area contributed by atoms with Gasteiger partial charge in [0.2, 0.25) is 0 Å². The van der Waals surface area contributed by atoms with E-state index in [4.69, 9.17) is 11.6 Å². The van der Waals surface area contributed by atoms with Gasteiger partial charge in [-0.2, -0.15) is 5.10 Å². The van der Waals surface area contributed by atoms with Gasteiger partial charge in [0.15, 0.2) is 5.78 Å². The highest BCUT2D eigenvalue weighted by Gasteiger charge is 2.14. The Balaban J connectivity index is 1.35. The number of rotatable bonds is 6. The average Bonchev–Trinajstić information content (AvgIpc) is 3.30. The van der Waals surface area contributed by atoms with Crippen molar-refractivity contribution in [3.63, 3.8) is 0 Å². The molecule has 5 rings (SSSR count). The first-order valence-corrected chi connectivity index (χ1v) is 11.1. The minimum atomic E-state index is -0.343. The Labute approximate surface area is 205 Å². The van der Waals surface area contributed by atoms with Gasteiger partial charge in [-0.25, -0.2) is 4.98 Å². The number of benzene rings is 2. The molecule has 8 heteroatoms. The number of pyridine rings is 2. The maximum atomic E-state index is 13.2. The minimum absolute atomic E-state index is 0.171. The summed E-state index contributed by atoms with van der Waals surface area (Å²) < 4.78 is 0. The van der Waals surface area contributed by atoms with Crippen LogP contribution in [0.15, 0.2) is 85.2 Å². The Morgan fingerprint density at radius 2 is 1.71 bits per heavy atom. The van der Waals surface area contributed by atoms with Crippen LogP contribution in [0.25, 0.3) is 23.1 Å². The van der Waals surface area contributed by atoms with Gasteiger partial charge in [-0.15, -0.1) is 0 Å². The van der Waals surface area contributed by atoms with Crippen molar-refractivity contribution in [1.29, 1.82) is 0 Å². The lowest BCUT2D eigenvalue weighted by Gasteiger charge is -2.08. The molecule has 5 aromatic rings. The SMILES string of the molecule is O=C(Nc1cccc(C(=O)c2ccc3c(/C=C/c4ccccn4)n[nH]c3c2)c1)c1ccnc(Cl)c1. The number of carbonyl (C=O) groups excluding carboxylic acids is 2. The highest BCUT2D eigenvalue weighted by atomic mass is 35.5. The number of ketones is 1. The summed E-state index contributed by atoms with van der Waals surface area (Å²) in [6.45, 7) is 0. The second kappa shape index (κ2) is 9.70. The third-order valence-corrected chi connectivity index (χ3v) is 5.53. The fraction of sp³-hybridized carbons (Fsp3) is 0. The second-order valence-electron chi connectivity index (χ2n) is 7.69. The number of nitrogens with one attached hydrogen (secondary N) is 2. The van der Waals surface area contributed by atoms with E-state index in [1.807, 2.05) is 36.4 Å². The maximum absolute atomic E-state index is 13.2. The summed E-state index contributed by atoms with van der Waals surface area (Å²) in [6.07, 6.45) is 6.96. The fourth-order valence-corrected chi connectivity index (χ4v) is 3.77. The van der Waals surface area contributed by atoms with Gasteiger partial charge >= 0.3 is 0 Å². The van der Waals surface area contributed by atoms with Gasteiger partial charge < -0.3 is 5.32 Å². The van der Waals surface area contributed by atoms with Gasteiger partial charge in [-0.1, -0.05) is 35.9 Å². The molecule has 0 radical (unpaired) electrons. The number of H-pyrrole nitrogens is 1. The van der Waals surface area contributed by atoms with E-state index >= 15 is 0 Å². The fourth-order valence-electron chi connectivity index (χ4n) is 3.60. The number of hydrogen-bond acceptors (Lipinski definition) is 5. The van der Waals surface area contributed by atoms with Crippen molar-refractivity contribution in [3.05, 3.63) is 118 Å². The van der Waals surface area contributed by atoms with Gasteiger partial charge in [0.1, 0.15) is 5.15 Å². The van der Waals surface area contributed by atoms with E-state index in [1.54, 1.807) is 48.7 Å². The number of fused-ring (bicyclic) bond motifs is 1. The first-order chi connectivity index (χ1) is 17.1. The molecule has 35 heavy (non-hydrogen) atoms. The maximum Gasteiger partial charge on any atom is 0.255 e. The standard InChI is InChI=1S/C27H18ClN5O2/c28-25-16-19(11-13-30-25)27(35)31-21-6-3-4-17(14-21)26(34)18-7-9-22-23(32-33-24(22)15-18)10-8-20-5-1-2-12-29-20/h1-16H,(H,31,35)(H,32,33)/b10-8+. The molecule has 0 unspecified atom stereocenters. The minimum Gasteiger partial charge on any atom is -0.322 e. The summed E-state index contributed by atoms with van der Waals surface area (Å²) in [5.41, 5.74) is 4.16. The molecule has 0 aliphatic heterocycles.